The lowest BCUT2D eigenvalue weighted by molar-refractivity contribution is 0.102. The minimum absolute atomic E-state index is 0.209. The summed E-state index contributed by atoms with van der Waals surface area (Å²) in [5.41, 5.74) is 1.95. The molecular formula is C14H17ClN4O. The van der Waals surface area contributed by atoms with Crippen LogP contribution in [-0.2, 0) is 7.05 Å². The van der Waals surface area contributed by atoms with Crippen LogP contribution in [0.2, 0.25) is 5.02 Å². The molecule has 1 aromatic carbocycles. The van der Waals surface area contributed by atoms with Gasteiger partial charge in [0.25, 0.3) is 5.91 Å². The number of rotatable bonds is 5. The molecule has 106 valence electrons. The molecule has 1 aromatic heterocycles. The number of anilines is 2. The molecule has 5 nitrogen and oxygen atoms in total. The summed E-state index contributed by atoms with van der Waals surface area (Å²) in [7, 11) is 1.79. The minimum Gasteiger partial charge on any atom is -0.384 e. The van der Waals surface area contributed by atoms with E-state index in [2.05, 4.69) is 22.7 Å². The molecular weight excluding hydrogens is 276 g/mol. The van der Waals surface area contributed by atoms with Crippen LogP contribution in [0, 0.1) is 0 Å². The maximum Gasteiger partial charge on any atom is 0.257 e. The molecule has 2 aromatic rings. The van der Waals surface area contributed by atoms with Crippen LogP contribution in [-0.4, -0.2) is 22.2 Å². The summed E-state index contributed by atoms with van der Waals surface area (Å²) < 4.78 is 1.63. The average Bonchev–Trinajstić information content (AvgIpc) is 2.82. The molecule has 0 aliphatic carbocycles. The van der Waals surface area contributed by atoms with Crippen molar-refractivity contribution in [2.24, 2.45) is 7.05 Å². The fraction of sp³-hybridized carbons (Fsp3) is 0.286. The van der Waals surface area contributed by atoms with Gasteiger partial charge in [-0.05, 0) is 24.6 Å². The lowest BCUT2D eigenvalue weighted by atomic mass is 10.1. The summed E-state index contributed by atoms with van der Waals surface area (Å²) in [4.78, 5) is 12.3. The monoisotopic (exact) mass is 292 g/mol. The van der Waals surface area contributed by atoms with Crippen LogP contribution >= 0.6 is 11.6 Å². The highest BCUT2D eigenvalue weighted by Crippen LogP contribution is 2.22. The third-order valence-corrected chi connectivity index (χ3v) is 2.99. The minimum atomic E-state index is -0.209. The van der Waals surface area contributed by atoms with Crippen molar-refractivity contribution in [2.75, 3.05) is 17.2 Å². The van der Waals surface area contributed by atoms with Gasteiger partial charge in [0, 0.05) is 30.5 Å². The molecule has 0 aliphatic rings. The molecule has 0 atom stereocenters. The van der Waals surface area contributed by atoms with Crippen molar-refractivity contribution in [3.05, 3.63) is 41.2 Å². The zero-order chi connectivity index (χ0) is 14.5. The van der Waals surface area contributed by atoms with Crippen molar-refractivity contribution in [3.8, 4) is 0 Å². The van der Waals surface area contributed by atoms with Crippen molar-refractivity contribution in [1.29, 1.82) is 0 Å². The zero-order valence-electron chi connectivity index (χ0n) is 11.5. The molecule has 1 heterocycles. The third kappa shape index (κ3) is 3.51. The van der Waals surface area contributed by atoms with Crippen molar-refractivity contribution in [2.45, 2.75) is 13.3 Å². The number of aromatic nitrogens is 2. The second-order valence-corrected chi connectivity index (χ2v) is 4.91. The van der Waals surface area contributed by atoms with Crippen LogP contribution < -0.4 is 10.6 Å². The molecule has 0 aliphatic heterocycles. The highest BCUT2D eigenvalue weighted by atomic mass is 35.5. The number of hydrogen-bond donors (Lipinski definition) is 2. The molecule has 0 fully saturated rings. The van der Waals surface area contributed by atoms with E-state index < -0.39 is 0 Å². The van der Waals surface area contributed by atoms with Gasteiger partial charge in [-0.3, -0.25) is 9.48 Å². The van der Waals surface area contributed by atoms with Crippen molar-refractivity contribution in [1.82, 2.24) is 9.78 Å². The van der Waals surface area contributed by atoms with E-state index in [0.29, 0.717) is 16.3 Å². The molecule has 1 amide bonds. The Labute approximate surface area is 122 Å². The largest absolute Gasteiger partial charge is 0.384 e. The highest BCUT2D eigenvalue weighted by Gasteiger charge is 2.13. The maximum absolute atomic E-state index is 12.3. The standard InChI is InChI=1S/C14H17ClN4O/c1-3-6-16-13-5-4-10(15)7-12(13)14(20)18-11-8-17-19(2)9-11/h4-5,7-9,16H,3,6H2,1-2H3,(H,18,20). The lowest BCUT2D eigenvalue weighted by Gasteiger charge is -2.11. The SMILES string of the molecule is CCCNc1ccc(Cl)cc1C(=O)Nc1cnn(C)c1. The molecule has 0 unspecified atom stereocenters. The Morgan fingerprint density at radius 2 is 2.25 bits per heavy atom. The number of hydrogen-bond acceptors (Lipinski definition) is 3. The first-order chi connectivity index (χ1) is 9.60. The molecule has 0 saturated heterocycles. The van der Waals surface area contributed by atoms with Gasteiger partial charge >= 0.3 is 0 Å². The Hall–Kier alpha value is -2.01. The van der Waals surface area contributed by atoms with Gasteiger partial charge in [-0.25, -0.2) is 0 Å². The maximum atomic E-state index is 12.3. The average molecular weight is 293 g/mol. The van der Waals surface area contributed by atoms with E-state index in [9.17, 15) is 4.79 Å². The van der Waals surface area contributed by atoms with Crippen LogP contribution in [0.15, 0.2) is 30.6 Å². The van der Waals surface area contributed by atoms with Crippen molar-refractivity contribution < 1.29 is 4.79 Å². The fourth-order valence-electron chi connectivity index (χ4n) is 1.80. The summed E-state index contributed by atoms with van der Waals surface area (Å²) in [6.07, 6.45) is 4.31. The Morgan fingerprint density at radius 1 is 1.45 bits per heavy atom. The second-order valence-electron chi connectivity index (χ2n) is 4.47. The quantitative estimate of drug-likeness (QED) is 0.890. The summed E-state index contributed by atoms with van der Waals surface area (Å²) >= 11 is 5.98. The first kappa shape index (κ1) is 14.4. The van der Waals surface area contributed by atoms with E-state index in [1.807, 2.05) is 6.07 Å². The van der Waals surface area contributed by atoms with Crippen LogP contribution in [0.1, 0.15) is 23.7 Å². The number of amides is 1. The van der Waals surface area contributed by atoms with Gasteiger partial charge in [-0.1, -0.05) is 18.5 Å². The van der Waals surface area contributed by atoms with E-state index >= 15 is 0 Å². The van der Waals surface area contributed by atoms with E-state index in [4.69, 9.17) is 11.6 Å². The number of carbonyl (C=O) groups is 1. The van der Waals surface area contributed by atoms with Gasteiger partial charge in [0.05, 0.1) is 17.4 Å². The van der Waals surface area contributed by atoms with Crippen molar-refractivity contribution in [3.63, 3.8) is 0 Å². The third-order valence-electron chi connectivity index (χ3n) is 2.75. The number of aryl methyl sites for hydroxylation is 1. The van der Waals surface area contributed by atoms with Crippen LogP contribution in [0.5, 0.6) is 0 Å². The predicted molar refractivity (Wildman–Crippen MR) is 81.4 cm³/mol. The summed E-state index contributed by atoms with van der Waals surface area (Å²) in [6, 6.07) is 5.24. The molecule has 0 bridgehead atoms. The van der Waals surface area contributed by atoms with Crippen LogP contribution in [0.3, 0.4) is 0 Å². The highest BCUT2D eigenvalue weighted by molar-refractivity contribution is 6.31. The number of benzene rings is 1. The summed E-state index contributed by atoms with van der Waals surface area (Å²) in [6.45, 7) is 2.87. The number of carbonyl (C=O) groups excluding carboxylic acids is 1. The molecule has 2 rings (SSSR count). The van der Waals surface area contributed by atoms with Gasteiger partial charge in [0.1, 0.15) is 0 Å². The fourth-order valence-corrected chi connectivity index (χ4v) is 1.97. The Bertz CT molecular complexity index is 609. The number of halogens is 1. The number of nitrogens with zero attached hydrogens (tertiary/aromatic N) is 2. The van der Waals surface area contributed by atoms with Gasteiger partial charge < -0.3 is 10.6 Å². The molecule has 2 N–H and O–H groups in total. The smallest absolute Gasteiger partial charge is 0.257 e. The summed E-state index contributed by atoms with van der Waals surface area (Å²) in [5, 5.41) is 10.6. The normalized spacial score (nSPS) is 10.3. The molecule has 0 radical (unpaired) electrons. The lowest BCUT2D eigenvalue weighted by Crippen LogP contribution is -2.15. The van der Waals surface area contributed by atoms with Gasteiger partial charge in [-0.2, -0.15) is 5.10 Å². The van der Waals surface area contributed by atoms with Gasteiger partial charge in [0.2, 0.25) is 0 Å². The van der Waals surface area contributed by atoms with Gasteiger partial charge in [-0.15, -0.1) is 0 Å². The predicted octanol–water partition coefficient (Wildman–Crippen LogP) is 3.15. The Balaban J connectivity index is 2.21. The van der Waals surface area contributed by atoms with Crippen molar-refractivity contribution >= 4 is 28.9 Å². The van der Waals surface area contributed by atoms with Gasteiger partial charge in [0.15, 0.2) is 0 Å². The van der Waals surface area contributed by atoms with E-state index in [1.54, 1.807) is 36.3 Å². The van der Waals surface area contributed by atoms with E-state index in [1.165, 1.54) is 0 Å². The van der Waals surface area contributed by atoms with E-state index in [0.717, 1.165) is 18.7 Å². The molecule has 6 heteroatoms. The topological polar surface area (TPSA) is 59.0 Å². The molecule has 0 saturated carbocycles. The first-order valence-electron chi connectivity index (χ1n) is 6.43. The molecule has 0 spiro atoms. The summed E-state index contributed by atoms with van der Waals surface area (Å²) in [5.74, 6) is -0.209. The number of nitrogens with one attached hydrogen (secondary N) is 2. The van der Waals surface area contributed by atoms with E-state index in [-0.39, 0.29) is 5.91 Å². The Morgan fingerprint density at radius 3 is 2.90 bits per heavy atom. The second kappa shape index (κ2) is 6.43. The Kier molecular flexibility index (Phi) is 4.63. The van der Waals surface area contributed by atoms with Crippen LogP contribution in [0.4, 0.5) is 11.4 Å². The zero-order valence-corrected chi connectivity index (χ0v) is 12.2. The first-order valence-corrected chi connectivity index (χ1v) is 6.81. The molecule has 20 heavy (non-hydrogen) atoms. The van der Waals surface area contributed by atoms with Crippen LogP contribution in [0.25, 0.3) is 0 Å².